The minimum Gasteiger partial charge on any atom is -0.350 e. The van der Waals surface area contributed by atoms with Crippen LogP contribution in [0.3, 0.4) is 0 Å². The normalized spacial score (nSPS) is 13.8. The second-order valence-electron chi connectivity index (χ2n) is 8.23. The van der Waals surface area contributed by atoms with Crippen LogP contribution < -0.4 is 5.32 Å². The van der Waals surface area contributed by atoms with Crippen molar-refractivity contribution in [3.05, 3.63) is 106 Å². The number of carbonyl (C=O) groups excluding carboxylic acids is 2. The molecule has 2 amide bonds. The molecule has 4 rings (SSSR count). The molecule has 0 spiro atoms. The number of benzene rings is 3. The lowest BCUT2D eigenvalue weighted by atomic mass is 9.97. The molecule has 0 saturated carbocycles. The van der Waals surface area contributed by atoms with Gasteiger partial charge >= 0.3 is 0 Å². The fraction of sp³-hybridized carbons (Fsp3) is 0.185. The van der Waals surface area contributed by atoms with Crippen molar-refractivity contribution in [1.29, 1.82) is 0 Å². The summed E-state index contributed by atoms with van der Waals surface area (Å²) in [5.41, 5.74) is 6.30. The van der Waals surface area contributed by atoms with Crippen LogP contribution in [-0.4, -0.2) is 16.7 Å². The second-order valence-corrected chi connectivity index (χ2v) is 8.23. The Hall–Kier alpha value is -3.73. The van der Waals surface area contributed by atoms with E-state index in [2.05, 4.69) is 5.32 Å². The van der Waals surface area contributed by atoms with Gasteiger partial charge in [0.2, 0.25) is 0 Å². The fourth-order valence-corrected chi connectivity index (χ4v) is 4.00. The third-order valence-electron chi connectivity index (χ3n) is 5.97. The van der Waals surface area contributed by atoms with E-state index in [-0.39, 0.29) is 12.2 Å². The highest BCUT2D eigenvalue weighted by Crippen LogP contribution is 2.34. The first-order valence-corrected chi connectivity index (χ1v) is 10.5. The molecule has 0 saturated heterocycles. The molecule has 0 aliphatic carbocycles. The Bertz CT molecular complexity index is 1280. The molecule has 3 aromatic carbocycles. The van der Waals surface area contributed by atoms with Crippen LogP contribution in [-0.2, 0) is 16.1 Å². The topological polar surface area (TPSA) is 49.4 Å². The number of hydrogen-bond donors (Lipinski definition) is 1. The van der Waals surface area contributed by atoms with Crippen molar-refractivity contribution in [2.24, 2.45) is 0 Å². The van der Waals surface area contributed by atoms with E-state index in [1.54, 1.807) is 18.2 Å². The molecule has 3 aromatic rings. The average molecular weight is 429 g/mol. The van der Waals surface area contributed by atoms with E-state index in [1.807, 2.05) is 64.1 Å². The SMILES string of the molecule is Cc1ccc(C2=C(Nc3cccc(C)c3C)C(=O)N(Cc3ccccc3F)C2=O)c(C)c1. The van der Waals surface area contributed by atoms with Crippen LogP contribution in [0.5, 0.6) is 0 Å². The first-order chi connectivity index (χ1) is 15.3. The number of imide groups is 1. The van der Waals surface area contributed by atoms with Gasteiger partial charge in [-0.1, -0.05) is 54.1 Å². The number of halogens is 1. The van der Waals surface area contributed by atoms with Crippen molar-refractivity contribution < 1.29 is 14.0 Å². The third-order valence-corrected chi connectivity index (χ3v) is 5.97. The minimum atomic E-state index is -0.464. The molecule has 0 atom stereocenters. The second kappa shape index (κ2) is 8.42. The summed E-state index contributed by atoms with van der Waals surface area (Å²) in [5, 5.41) is 3.22. The Morgan fingerprint density at radius 2 is 1.59 bits per heavy atom. The summed E-state index contributed by atoms with van der Waals surface area (Å²) in [5.74, 6) is -1.34. The number of aryl methyl sites for hydroxylation is 3. The number of carbonyl (C=O) groups is 2. The molecular weight excluding hydrogens is 403 g/mol. The highest BCUT2D eigenvalue weighted by molar-refractivity contribution is 6.36. The van der Waals surface area contributed by atoms with Crippen molar-refractivity contribution in [3.8, 4) is 0 Å². The lowest BCUT2D eigenvalue weighted by Crippen LogP contribution is -2.32. The van der Waals surface area contributed by atoms with Crippen LogP contribution in [0, 0.1) is 33.5 Å². The molecule has 32 heavy (non-hydrogen) atoms. The maximum absolute atomic E-state index is 14.3. The number of nitrogens with zero attached hydrogens (tertiary/aromatic N) is 1. The van der Waals surface area contributed by atoms with Crippen LogP contribution >= 0.6 is 0 Å². The smallest absolute Gasteiger partial charge is 0.278 e. The van der Waals surface area contributed by atoms with Crippen molar-refractivity contribution >= 4 is 23.1 Å². The van der Waals surface area contributed by atoms with Gasteiger partial charge in [0, 0.05) is 11.3 Å². The Kier molecular flexibility index (Phi) is 5.66. The van der Waals surface area contributed by atoms with Gasteiger partial charge in [0.15, 0.2) is 0 Å². The van der Waals surface area contributed by atoms with E-state index < -0.39 is 17.6 Å². The first-order valence-electron chi connectivity index (χ1n) is 10.5. The van der Waals surface area contributed by atoms with E-state index in [4.69, 9.17) is 0 Å². The summed E-state index contributed by atoms with van der Waals surface area (Å²) in [6.07, 6.45) is 0. The van der Waals surface area contributed by atoms with Gasteiger partial charge in [-0.2, -0.15) is 0 Å². The molecule has 1 heterocycles. The molecule has 4 nitrogen and oxygen atoms in total. The van der Waals surface area contributed by atoms with Crippen molar-refractivity contribution in [2.75, 3.05) is 5.32 Å². The highest BCUT2D eigenvalue weighted by Gasteiger charge is 2.40. The molecule has 0 bridgehead atoms. The van der Waals surface area contributed by atoms with E-state index in [1.165, 1.54) is 6.07 Å². The Morgan fingerprint density at radius 3 is 2.31 bits per heavy atom. The molecular formula is C27H25FN2O2. The third kappa shape index (κ3) is 3.82. The quantitative estimate of drug-likeness (QED) is 0.550. The standard InChI is InChI=1S/C27H25FN2O2/c1-16-12-13-21(18(3)14-16)24-25(29-23-11-7-8-17(2)19(23)4)27(32)30(26(24)31)15-20-9-5-6-10-22(20)28/h5-14,29H,15H2,1-4H3. The maximum Gasteiger partial charge on any atom is 0.278 e. The van der Waals surface area contributed by atoms with E-state index in [0.29, 0.717) is 16.7 Å². The van der Waals surface area contributed by atoms with Crippen LogP contribution in [0.2, 0.25) is 0 Å². The predicted octanol–water partition coefficient (Wildman–Crippen LogP) is 5.45. The van der Waals surface area contributed by atoms with E-state index in [0.717, 1.165) is 32.8 Å². The van der Waals surface area contributed by atoms with Crippen LogP contribution in [0.25, 0.3) is 5.57 Å². The molecule has 162 valence electrons. The van der Waals surface area contributed by atoms with Gasteiger partial charge in [0.05, 0.1) is 12.1 Å². The van der Waals surface area contributed by atoms with Gasteiger partial charge in [-0.25, -0.2) is 4.39 Å². The first kappa shape index (κ1) is 21.5. The van der Waals surface area contributed by atoms with Gasteiger partial charge in [-0.05, 0) is 62.1 Å². The maximum atomic E-state index is 14.3. The zero-order valence-corrected chi connectivity index (χ0v) is 18.6. The zero-order valence-electron chi connectivity index (χ0n) is 18.6. The average Bonchev–Trinajstić information content (AvgIpc) is 2.97. The molecule has 0 fully saturated rings. The Labute approximate surface area is 187 Å². The predicted molar refractivity (Wildman–Crippen MR) is 124 cm³/mol. The van der Waals surface area contributed by atoms with Gasteiger partial charge in [-0.3, -0.25) is 14.5 Å². The van der Waals surface area contributed by atoms with Crippen LogP contribution in [0.1, 0.15) is 33.4 Å². The molecule has 5 heteroatoms. The van der Waals surface area contributed by atoms with Crippen molar-refractivity contribution in [3.63, 3.8) is 0 Å². The Morgan fingerprint density at radius 1 is 0.844 bits per heavy atom. The summed E-state index contributed by atoms with van der Waals surface area (Å²) in [7, 11) is 0. The zero-order chi connectivity index (χ0) is 23.0. The van der Waals surface area contributed by atoms with Gasteiger partial charge in [0.1, 0.15) is 11.5 Å². The summed E-state index contributed by atoms with van der Waals surface area (Å²) in [6.45, 7) is 7.73. The largest absolute Gasteiger partial charge is 0.350 e. The number of nitrogens with one attached hydrogen (secondary N) is 1. The lowest BCUT2D eigenvalue weighted by molar-refractivity contribution is -0.137. The van der Waals surface area contributed by atoms with Gasteiger partial charge in [-0.15, -0.1) is 0 Å². The summed E-state index contributed by atoms with van der Waals surface area (Å²) < 4.78 is 14.3. The summed E-state index contributed by atoms with van der Waals surface area (Å²) >= 11 is 0. The lowest BCUT2D eigenvalue weighted by Gasteiger charge is -2.16. The molecule has 0 unspecified atom stereocenters. The van der Waals surface area contributed by atoms with Crippen LogP contribution in [0.4, 0.5) is 10.1 Å². The summed E-state index contributed by atoms with van der Waals surface area (Å²) in [6, 6.07) is 17.7. The molecule has 1 aliphatic rings. The molecule has 0 radical (unpaired) electrons. The summed E-state index contributed by atoms with van der Waals surface area (Å²) in [4.78, 5) is 28.1. The highest BCUT2D eigenvalue weighted by atomic mass is 19.1. The van der Waals surface area contributed by atoms with Crippen LogP contribution in [0.15, 0.2) is 66.4 Å². The van der Waals surface area contributed by atoms with E-state index >= 15 is 0 Å². The monoisotopic (exact) mass is 428 g/mol. The van der Waals surface area contributed by atoms with Gasteiger partial charge in [0.25, 0.3) is 11.8 Å². The molecule has 1 aliphatic heterocycles. The van der Waals surface area contributed by atoms with Gasteiger partial charge < -0.3 is 5.32 Å². The molecule has 0 aromatic heterocycles. The van der Waals surface area contributed by atoms with Crippen molar-refractivity contribution in [2.45, 2.75) is 34.2 Å². The fourth-order valence-electron chi connectivity index (χ4n) is 4.00. The number of rotatable bonds is 5. The van der Waals surface area contributed by atoms with E-state index in [9.17, 15) is 14.0 Å². The molecule has 1 N–H and O–H groups in total. The number of hydrogen-bond acceptors (Lipinski definition) is 3. The van der Waals surface area contributed by atoms with Crippen molar-refractivity contribution in [1.82, 2.24) is 4.90 Å². The number of amides is 2. The number of anilines is 1. The minimum absolute atomic E-state index is 0.128. The Balaban J connectivity index is 1.82.